The highest BCUT2D eigenvalue weighted by Gasteiger charge is 2.28. The van der Waals surface area contributed by atoms with Crippen LogP contribution in [0.5, 0.6) is 11.5 Å². The molecule has 9 heteroatoms. The Bertz CT molecular complexity index is 1010. The van der Waals surface area contributed by atoms with E-state index in [0.717, 1.165) is 18.0 Å². The molecule has 1 heterocycles. The minimum Gasteiger partial charge on any atom is -0.496 e. The largest absolute Gasteiger partial charge is 0.496 e. The number of fused-ring (bicyclic) bond motifs is 1. The Labute approximate surface area is 170 Å². The maximum absolute atomic E-state index is 13.0. The second-order valence-electron chi connectivity index (χ2n) is 6.84. The molecule has 2 aromatic rings. The summed E-state index contributed by atoms with van der Waals surface area (Å²) in [4.78, 5) is 16.6. The summed E-state index contributed by atoms with van der Waals surface area (Å²) in [6.45, 7) is 3.85. The number of hydrogen-bond acceptors (Lipinski definition) is 6. The number of carbonyl (C=O) groups is 1. The zero-order valence-corrected chi connectivity index (χ0v) is 17.5. The summed E-state index contributed by atoms with van der Waals surface area (Å²) in [6.07, 6.45) is -0.230. The number of sulfonamides is 1. The Kier molecular flexibility index (Phi) is 5.99. The van der Waals surface area contributed by atoms with Crippen LogP contribution in [0.15, 0.2) is 47.4 Å². The summed E-state index contributed by atoms with van der Waals surface area (Å²) in [6, 6.07) is 11.8. The van der Waals surface area contributed by atoms with Crippen molar-refractivity contribution in [2.45, 2.75) is 17.9 Å². The second kappa shape index (κ2) is 8.30. The molecule has 0 radical (unpaired) electrons. The summed E-state index contributed by atoms with van der Waals surface area (Å²) in [5, 5.41) is 5.20. The smallest absolute Gasteiger partial charge is 0.257 e. The average molecular weight is 420 g/mol. The highest BCUT2D eigenvalue weighted by Crippen LogP contribution is 2.33. The Morgan fingerprint density at radius 1 is 1.31 bits per heavy atom. The van der Waals surface area contributed by atoms with E-state index in [2.05, 4.69) is 11.8 Å². The molecule has 0 aliphatic carbocycles. The van der Waals surface area contributed by atoms with Crippen molar-refractivity contribution in [1.82, 2.24) is 4.90 Å². The van der Waals surface area contributed by atoms with Gasteiger partial charge in [0.1, 0.15) is 17.6 Å². The number of anilines is 1. The van der Waals surface area contributed by atoms with E-state index in [1.165, 1.54) is 30.2 Å². The van der Waals surface area contributed by atoms with Crippen LogP contribution in [-0.4, -0.2) is 59.1 Å². The van der Waals surface area contributed by atoms with Crippen LogP contribution in [0.2, 0.25) is 0 Å². The molecule has 3 rings (SSSR count). The van der Waals surface area contributed by atoms with Crippen molar-refractivity contribution < 1.29 is 22.7 Å². The molecule has 0 unspecified atom stereocenters. The van der Waals surface area contributed by atoms with Crippen LogP contribution in [0, 0.1) is 0 Å². The van der Waals surface area contributed by atoms with Gasteiger partial charge in [-0.2, -0.15) is 0 Å². The number of rotatable bonds is 6. The van der Waals surface area contributed by atoms with Crippen molar-refractivity contribution in [1.29, 1.82) is 0 Å². The van der Waals surface area contributed by atoms with Crippen LogP contribution in [-0.2, 0) is 10.0 Å². The van der Waals surface area contributed by atoms with Crippen molar-refractivity contribution in [2.75, 3.05) is 38.7 Å². The number of nitrogens with two attached hydrogens (primary N) is 1. The van der Waals surface area contributed by atoms with E-state index >= 15 is 0 Å². The minimum atomic E-state index is -3.94. The van der Waals surface area contributed by atoms with Gasteiger partial charge < -0.3 is 19.3 Å². The molecule has 0 fully saturated rings. The number of nitrogens with zero attached hydrogens (tertiary/aromatic N) is 2. The first-order chi connectivity index (χ1) is 13.7. The molecule has 0 saturated heterocycles. The molecule has 0 aromatic heterocycles. The molecule has 0 bridgehead atoms. The molecule has 156 valence electrons. The van der Waals surface area contributed by atoms with E-state index in [1.54, 1.807) is 7.05 Å². The number of likely N-dealkylation sites (N-methyl/N-ethyl adjacent to an activating group) is 2. The van der Waals surface area contributed by atoms with Crippen LogP contribution < -0.4 is 19.5 Å². The van der Waals surface area contributed by atoms with Gasteiger partial charge in [-0.25, -0.2) is 13.6 Å². The quantitative estimate of drug-likeness (QED) is 0.765. The number of carbonyl (C=O) groups excluding carboxylic acids is 1. The fraction of sp³-hybridized carbons (Fsp3) is 0.350. The Morgan fingerprint density at radius 3 is 2.69 bits per heavy atom. The lowest BCUT2D eigenvalue weighted by molar-refractivity contribution is 0.0706. The monoisotopic (exact) mass is 419 g/mol. The summed E-state index contributed by atoms with van der Waals surface area (Å²) in [7, 11) is -0.874. The second-order valence-corrected chi connectivity index (χ2v) is 8.40. The first-order valence-corrected chi connectivity index (χ1v) is 10.8. The van der Waals surface area contributed by atoms with E-state index in [-0.39, 0.29) is 28.2 Å². The van der Waals surface area contributed by atoms with Crippen LogP contribution in [0.4, 0.5) is 5.69 Å². The van der Waals surface area contributed by atoms with Crippen LogP contribution in [0.1, 0.15) is 17.3 Å². The number of primary sulfonamides is 1. The zero-order chi connectivity index (χ0) is 21.2. The van der Waals surface area contributed by atoms with Crippen molar-refractivity contribution in [3.63, 3.8) is 0 Å². The first kappa shape index (κ1) is 20.9. The Morgan fingerprint density at radius 2 is 2.03 bits per heavy atom. The van der Waals surface area contributed by atoms with E-state index < -0.39 is 10.0 Å². The van der Waals surface area contributed by atoms with Gasteiger partial charge in [0.2, 0.25) is 10.0 Å². The topological polar surface area (TPSA) is 102 Å². The van der Waals surface area contributed by atoms with Gasteiger partial charge >= 0.3 is 0 Å². The summed E-state index contributed by atoms with van der Waals surface area (Å²) >= 11 is 0. The number of ether oxygens (including phenoxy) is 2. The zero-order valence-electron chi connectivity index (χ0n) is 16.7. The molecule has 0 saturated carbocycles. The van der Waals surface area contributed by atoms with Gasteiger partial charge in [-0.1, -0.05) is 12.1 Å². The lowest BCUT2D eigenvalue weighted by Gasteiger charge is -2.37. The maximum atomic E-state index is 13.0. The molecule has 29 heavy (non-hydrogen) atoms. The third-order valence-corrected chi connectivity index (χ3v) is 5.77. The lowest BCUT2D eigenvalue weighted by atomic mass is 10.1. The van der Waals surface area contributed by atoms with Gasteiger partial charge in [0, 0.05) is 13.6 Å². The van der Waals surface area contributed by atoms with Gasteiger partial charge in [0.25, 0.3) is 5.91 Å². The molecular formula is C20H25N3O5S. The SMILES string of the molecule is CCN1C[C@H](CN(C)C(=O)c2cc(S(N)(=O)=O)ccc2OC)Oc2ccccc21. The molecule has 1 amide bonds. The molecule has 1 atom stereocenters. The molecule has 1 aliphatic rings. The summed E-state index contributed by atoms with van der Waals surface area (Å²) in [5.74, 6) is 0.678. The lowest BCUT2D eigenvalue weighted by Crippen LogP contribution is -2.46. The molecule has 0 spiro atoms. The molecule has 2 aromatic carbocycles. The number of amides is 1. The third-order valence-electron chi connectivity index (χ3n) is 4.86. The number of benzene rings is 2. The summed E-state index contributed by atoms with van der Waals surface area (Å²) in [5.41, 5.74) is 1.16. The van der Waals surface area contributed by atoms with Crippen molar-refractivity contribution in [3.05, 3.63) is 48.0 Å². The highest BCUT2D eigenvalue weighted by molar-refractivity contribution is 7.89. The van der Waals surface area contributed by atoms with Crippen LogP contribution in [0.25, 0.3) is 0 Å². The number of para-hydroxylation sites is 2. The van der Waals surface area contributed by atoms with Gasteiger partial charge in [0.05, 0.1) is 36.3 Å². The van der Waals surface area contributed by atoms with Gasteiger partial charge in [0.15, 0.2) is 0 Å². The maximum Gasteiger partial charge on any atom is 0.257 e. The minimum absolute atomic E-state index is 0.130. The van der Waals surface area contributed by atoms with Crippen LogP contribution in [0.3, 0.4) is 0 Å². The Balaban J connectivity index is 1.81. The van der Waals surface area contributed by atoms with E-state index in [4.69, 9.17) is 14.6 Å². The van der Waals surface area contributed by atoms with Gasteiger partial charge in [-0.05, 0) is 37.3 Å². The molecule has 2 N–H and O–H groups in total. The van der Waals surface area contributed by atoms with Crippen molar-refractivity contribution in [3.8, 4) is 11.5 Å². The predicted octanol–water partition coefficient (Wildman–Crippen LogP) is 1.70. The normalized spacial score (nSPS) is 16.0. The third kappa shape index (κ3) is 4.46. The number of methoxy groups -OCH3 is 1. The van der Waals surface area contributed by atoms with E-state index in [0.29, 0.717) is 13.1 Å². The fourth-order valence-electron chi connectivity index (χ4n) is 3.40. The molecule has 1 aliphatic heterocycles. The summed E-state index contributed by atoms with van der Waals surface area (Å²) < 4.78 is 34.6. The van der Waals surface area contributed by atoms with Crippen LogP contribution >= 0.6 is 0 Å². The molecule has 8 nitrogen and oxygen atoms in total. The predicted molar refractivity (Wildman–Crippen MR) is 110 cm³/mol. The number of hydrogen-bond donors (Lipinski definition) is 1. The highest BCUT2D eigenvalue weighted by atomic mass is 32.2. The van der Waals surface area contributed by atoms with E-state index in [1.807, 2.05) is 24.3 Å². The van der Waals surface area contributed by atoms with Crippen molar-refractivity contribution >= 4 is 21.6 Å². The van der Waals surface area contributed by atoms with Gasteiger partial charge in [-0.3, -0.25) is 4.79 Å². The average Bonchev–Trinajstić information content (AvgIpc) is 2.71. The fourth-order valence-corrected chi connectivity index (χ4v) is 3.94. The van der Waals surface area contributed by atoms with E-state index in [9.17, 15) is 13.2 Å². The standard InChI is InChI=1S/C20H25N3O5S/c1-4-23-13-14(28-19-8-6-5-7-17(19)23)12-22(2)20(24)16-11-15(29(21,25)26)9-10-18(16)27-3/h5-11,14H,4,12-13H2,1-3H3,(H2,21,25,26)/t14-/m0/s1. The van der Waals surface area contributed by atoms with Crippen molar-refractivity contribution in [2.24, 2.45) is 5.14 Å². The Hall–Kier alpha value is -2.78. The first-order valence-electron chi connectivity index (χ1n) is 9.21. The molecular weight excluding hydrogens is 394 g/mol. The van der Waals surface area contributed by atoms with Gasteiger partial charge in [-0.15, -0.1) is 0 Å².